The number of anilines is 1. The Morgan fingerprint density at radius 1 is 1.00 bits per heavy atom. The van der Waals surface area contributed by atoms with Gasteiger partial charge in [-0.2, -0.15) is 5.10 Å². The molecule has 118 valence electrons. The number of aryl methyl sites for hydroxylation is 1. The highest BCUT2D eigenvalue weighted by molar-refractivity contribution is 5.84. The van der Waals surface area contributed by atoms with E-state index in [1.54, 1.807) is 0 Å². The van der Waals surface area contributed by atoms with Crippen molar-refractivity contribution in [1.29, 1.82) is 0 Å². The highest BCUT2D eigenvalue weighted by Gasteiger charge is 2.12. The minimum atomic E-state index is 1.05. The van der Waals surface area contributed by atoms with Crippen molar-refractivity contribution in [2.75, 3.05) is 31.1 Å². The molecule has 0 spiro atoms. The standard InChI is InChI=1S/C19H22N4/c1-15-4-2-5-18(12-15)23-19-13-17(7-6-16(19)14-21-23)22-10-3-8-20-9-11-22/h2,4-7,12-14,20H,3,8-11H2,1H3. The maximum absolute atomic E-state index is 4.60. The molecule has 0 aliphatic carbocycles. The van der Waals surface area contributed by atoms with E-state index in [9.17, 15) is 0 Å². The van der Waals surface area contributed by atoms with Crippen molar-refractivity contribution in [3.05, 3.63) is 54.2 Å². The number of hydrogen-bond acceptors (Lipinski definition) is 3. The molecule has 2 aromatic carbocycles. The Bertz CT molecular complexity index is 813. The zero-order valence-corrected chi connectivity index (χ0v) is 13.5. The molecule has 0 unspecified atom stereocenters. The number of aromatic nitrogens is 2. The minimum absolute atomic E-state index is 1.05. The summed E-state index contributed by atoms with van der Waals surface area (Å²) >= 11 is 0. The van der Waals surface area contributed by atoms with Crippen LogP contribution in [0.1, 0.15) is 12.0 Å². The summed E-state index contributed by atoms with van der Waals surface area (Å²) < 4.78 is 2.04. The van der Waals surface area contributed by atoms with E-state index >= 15 is 0 Å². The van der Waals surface area contributed by atoms with Gasteiger partial charge in [-0.25, -0.2) is 4.68 Å². The van der Waals surface area contributed by atoms with Crippen LogP contribution in [0.3, 0.4) is 0 Å². The molecule has 0 bridgehead atoms. The Balaban J connectivity index is 1.76. The highest BCUT2D eigenvalue weighted by Crippen LogP contribution is 2.25. The molecule has 4 heteroatoms. The highest BCUT2D eigenvalue weighted by atomic mass is 15.3. The number of nitrogens with one attached hydrogen (secondary N) is 1. The second-order valence-corrected chi connectivity index (χ2v) is 6.23. The van der Waals surface area contributed by atoms with Crippen molar-refractivity contribution in [3.63, 3.8) is 0 Å². The maximum Gasteiger partial charge on any atom is 0.0761 e. The fraction of sp³-hybridized carbons (Fsp3) is 0.316. The summed E-state index contributed by atoms with van der Waals surface area (Å²) in [5.74, 6) is 0. The van der Waals surface area contributed by atoms with Crippen molar-refractivity contribution < 1.29 is 0 Å². The van der Waals surface area contributed by atoms with Gasteiger partial charge in [-0.3, -0.25) is 0 Å². The van der Waals surface area contributed by atoms with Gasteiger partial charge < -0.3 is 10.2 Å². The molecule has 1 aliphatic rings. The van der Waals surface area contributed by atoms with Crippen LogP contribution in [0, 0.1) is 6.92 Å². The van der Waals surface area contributed by atoms with E-state index in [2.05, 4.69) is 64.7 Å². The van der Waals surface area contributed by atoms with Gasteiger partial charge in [0, 0.05) is 30.7 Å². The lowest BCUT2D eigenvalue weighted by molar-refractivity contribution is 0.724. The van der Waals surface area contributed by atoms with Crippen LogP contribution in [-0.2, 0) is 0 Å². The Morgan fingerprint density at radius 3 is 2.87 bits per heavy atom. The number of hydrogen-bond donors (Lipinski definition) is 1. The van der Waals surface area contributed by atoms with Gasteiger partial charge >= 0.3 is 0 Å². The van der Waals surface area contributed by atoms with E-state index in [0.29, 0.717) is 0 Å². The van der Waals surface area contributed by atoms with Gasteiger partial charge in [0.25, 0.3) is 0 Å². The second-order valence-electron chi connectivity index (χ2n) is 6.23. The lowest BCUT2D eigenvalue weighted by Gasteiger charge is -2.22. The van der Waals surface area contributed by atoms with Crippen molar-refractivity contribution in [2.24, 2.45) is 0 Å². The molecule has 23 heavy (non-hydrogen) atoms. The Hall–Kier alpha value is -2.33. The molecule has 1 fully saturated rings. The summed E-state index contributed by atoms with van der Waals surface area (Å²) in [6, 6.07) is 15.2. The summed E-state index contributed by atoms with van der Waals surface area (Å²) in [7, 11) is 0. The van der Waals surface area contributed by atoms with E-state index < -0.39 is 0 Å². The van der Waals surface area contributed by atoms with E-state index in [4.69, 9.17) is 0 Å². The molecule has 1 N–H and O–H groups in total. The van der Waals surface area contributed by atoms with Crippen LogP contribution in [0.4, 0.5) is 5.69 Å². The number of nitrogens with zero attached hydrogens (tertiary/aromatic N) is 3. The lowest BCUT2D eigenvalue weighted by Crippen LogP contribution is -2.27. The summed E-state index contributed by atoms with van der Waals surface area (Å²) in [6.45, 7) is 6.45. The molecule has 0 atom stereocenters. The number of fused-ring (bicyclic) bond motifs is 1. The normalized spacial score (nSPS) is 15.8. The topological polar surface area (TPSA) is 33.1 Å². The molecule has 0 amide bonds. The zero-order chi connectivity index (χ0) is 15.6. The first-order chi connectivity index (χ1) is 11.3. The molecule has 4 nitrogen and oxygen atoms in total. The summed E-state index contributed by atoms with van der Waals surface area (Å²) in [5.41, 5.74) is 4.83. The van der Waals surface area contributed by atoms with E-state index in [1.165, 1.54) is 28.6 Å². The van der Waals surface area contributed by atoms with Crippen LogP contribution in [0.15, 0.2) is 48.7 Å². The molecule has 1 aromatic heterocycles. The molecule has 4 rings (SSSR count). The van der Waals surface area contributed by atoms with Crippen LogP contribution in [0.2, 0.25) is 0 Å². The Labute approximate surface area is 136 Å². The molecular formula is C19H22N4. The van der Waals surface area contributed by atoms with Crippen LogP contribution in [0.25, 0.3) is 16.6 Å². The van der Waals surface area contributed by atoms with Gasteiger partial charge in [0.2, 0.25) is 0 Å². The predicted octanol–water partition coefficient (Wildman–Crippen LogP) is 3.13. The quantitative estimate of drug-likeness (QED) is 0.789. The first kappa shape index (κ1) is 14.3. The van der Waals surface area contributed by atoms with Crippen molar-refractivity contribution in [3.8, 4) is 5.69 Å². The fourth-order valence-corrected chi connectivity index (χ4v) is 3.27. The van der Waals surface area contributed by atoms with E-state index in [-0.39, 0.29) is 0 Å². The molecule has 1 aliphatic heterocycles. The smallest absolute Gasteiger partial charge is 0.0761 e. The van der Waals surface area contributed by atoms with Gasteiger partial charge in [0.1, 0.15) is 0 Å². The maximum atomic E-state index is 4.60. The van der Waals surface area contributed by atoms with Gasteiger partial charge in [0.05, 0.1) is 17.4 Å². The monoisotopic (exact) mass is 306 g/mol. The Kier molecular flexibility index (Phi) is 3.75. The van der Waals surface area contributed by atoms with E-state index in [1.807, 2.05) is 10.9 Å². The van der Waals surface area contributed by atoms with Crippen LogP contribution >= 0.6 is 0 Å². The third-order valence-electron chi connectivity index (χ3n) is 4.51. The fourth-order valence-electron chi connectivity index (χ4n) is 3.27. The second kappa shape index (κ2) is 6.05. The summed E-state index contributed by atoms with van der Waals surface area (Å²) in [5, 5.41) is 9.24. The van der Waals surface area contributed by atoms with Crippen molar-refractivity contribution in [2.45, 2.75) is 13.3 Å². The van der Waals surface area contributed by atoms with Gasteiger partial charge in [-0.1, -0.05) is 12.1 Å². The average molecular weight is 306 g/mol. The minimum Gasteiger partial charge on any atom is -0.370 e. The molecule has 0 saturated carbocycles. The lowest BCUT2D eigenvalue weighted by atomic mass is 10.2. The first-order valence-corrected chi connectivity index (χ1v) is 8.32. The zero-order valence-electron chi connectivity index (χ0n) is 13.5. The largest absolute Gasteiger partial charge is 0.370 e. The predicted molar refractivity (Wildman–Crippen MR) is 95.5 cm³/mol. The molecule has 2 heterocycles. The molecule has 3 aromatic rings. The summed E-state index contributed by atoms with van der Waals surface area (Å²) in [6.07, 6.45) is 3.14. The first-order valence-electron chi connectivity index (χ1n) is 8.32. The number of benzene rings is 2. The molecule has 1 saturated heterocycles. The third-order valence-corrected chi connectivity index (χ3v) is 4.51. The number of rotatable bonds is 2. The van der Waals surface area contributed by atoms with Crippen LogP contribution in [-0.4, -0.2) is 36.0 Å². The van der Waals surface area contributed by atoms with Crippen LogP contribution < -0.4 is 10.2 Å². The van der Waals surface area contributed by atoms with Crippen LogP contribution in [0.5, 0.6) is 0 Å². The Morgan fingerprint density at radius 2 is 1.96 bits per heavy atom. The van der Waals surface area contributed by atoms with E-state index in [0.717, 1.165) is 31.9 Å². The average Bonchev–Trinajstić information content (AvgIpc) is 2.80. The molecule has 0 radical (unpaired) electrons. The molecular weight excluding hydrogens is 284 g/mol. The summed E-state index contributed by atoms with van der Waals surface area (Å²) in [4.78, 5) is 2.47. The third kappa shape index (κ3) is 2.82. The van der Waals surface area contributed by atoms with Gasteiger partial charge in [-0.15, -0.1) is 0 Å². The van der Waals surface area contributed by atoms with Crippen molar-refractivity contribution in [1.82, 2.24) is 15.1 Å². The van der Waals surface area contributed by atoms with Gasteiger partial charge in [0.15, 0.2) is 0 Å². The SMILES string of the molecule is Cc1cccc(-n2ncc3ccc(N4CCCNCC4)cc32)c1. The van der Waals surface area contributed by atoms with Crippen molar-refractivity contribution >= 4 is 16.6 Å². The van der Waals surface area contributed by atoms with Gasteiger partial charge in [-0.05, 0) is 55.8 Å².